The van der Waals surface area contributed by atoms with Gasteiger partial charge in [0.05, 0.1) is 5.75 Å². The smallest absolute Gasteiger partial charge is 0.325 e. The van der Waals surface area contributed by atoms with Crippen LogP contribution >= 0.6 is 11.8 Å². The number of rotatable bonds is 4. The van der Waals surface area contributed by atoms with Gasteiger partial charge in [0, 0.05) is 13.6 Å². The number of Topliss-reactive ketones (excluding diaryl/α,β-unsaturated/α-hetero) is 1. The fraction of sp³-hybridized carbons (Fsp3) is 0.412. The SMILES string of the molecule is CC(=O)CSC1=NC2C(C(=O)NC(=O)N2C)N1Cc1cccc(C)c1. The number of nitrogens with zero attached hydrogens (tertiary/aromatic N) is 3. The molecule has 1 fully saturated rings. The lowest BCUT2D eigenvalue weighted by atomic mass is 10.1. The van der Waals surface area contributed by atoms with Crippen LogP contribution < -0.4 is 5.32 Å². The Kier molecular flexibility index (Phi) is 4.80. The maximum absolute atomic E-state index is 12.4. The maximum Gasteiger partial charge on any atom is 0.325 e. The topological polar surface area (TPSA) is 82.1 Å². The van der Waals surface area contributed by atoms with Crippen LogP contribution in [0.2, 0.25) is 0 Å². The Morgan fingerprint density at radius 2 is 2.12 bits per heavy atom. The molecule has 25 heavy (non-hydrogen) atoms. The van der Waals surface area contributed by atoms with Crippen molar-refractivity contribution in [2.75, 3.05) is 12.8 Å². The number of benzene rings is 1. The van der Waals surface area contributed by atoms with E-state index in [1.165, 1.54) is 23.6 Å². The Bertz CT molecular complexity index is 764. The number of hydrogen-bond donors (Lipinski definition) is 1. The van der Waals surface area contributed by atoms with E-state index in [2.05, 4.69) is 16.4 Å². The number of urea groups is 1. The van der Waals surface area contributed by atoms with E-state index in [1.54, 1.807) is 7.05 Å². The zero-order chi connectivity index (χ0) is 18.1. The molecule has 0 saturated carbocycles. The third kappa shape index (κ3) is 3.53. The van der Waals surface area contributed by atoms with Crippen LogP contribution in [-0.4, -0.2) is 57.7 Å². The lowest BCUT2D eigenvalue weighted by Gasteiger charge is -2.36. The maximum atomic E-state index is 12.4. The molecule has 1 saturated heterocycles. The molecule has 7 nitrogen and oxygen atoms in total. The molecule has 3 amide bonds. The third-order valence-electron chi connectivity index (χ3n) is 4.16. The Morgan fingerprint density at radius 3 is 2.80 bits per heavy atom. The van der Waals surface area contributed by atoms with Crippen LogP contribution in [0.4, 0.5) is 4.79 Å². The monoisotopic (exact) mass is 360 g/mol. The van der Waals surface area contributed by atoms with Crippen molar-refractivity contribution in [3.05, 3.63) is 35.4 Å². The van der Waals surface area contributed by atoms with Gasteiger partial charge in [0.1, 0.15) is 5.78 Å². The van der Waals surface area contributed by atoms with Crippen LogP contribution in [0.1, 0.15) is 18.1 Å². The molecule has 2 heterocycles. The number of hydrogen-bond acceptors (Lipinski definition) is 6. The molecule has 2 aliphatic rings. The summed E-state index contributed by atoms with van der Waals surface area (Å²) in [5.41, 5.74) is 2.17. The molecule has 2 unspecified atom stereocenters. The van der Waals surface area contributed by atoms with Gasteiger partial charge in [0.2, 0.25) is 0 Å². The largest absolute Gasteiger partial charge is 0.331 e. The molecule has 132 valence electrons. The van der Waals surface area contributed by atoms with Gasteiger partial charge in [-0.2, -0.15) is 0 Å². The number of aryl methyl sites for hydroxylation is 1. The first-order chi connectivity index (χ1) is 11.9. The second-order valence-electron chi connectivity index (χ2n) is 6.28. The summed E-state index contributed by atoms with van der Waals surface area (Å²) in [5, 5.41) is 2.98. The summed E-state index contributed by atoms with van der Waals surface area (Å²) in [6, 6.07) is 6.98. The first-order valence-electron chi connectivity index (χ1n) is 7.96. The highest BCUT2D eigenvalue weighted by Crippen LogP contribution is 2.30. The molecule has 1 aromatic rings. The molecule has 2 aliphatic heterocycles. The molecule has 1 aromatic carbocycles. The number of fused-ring (bicyclic) bond motifs is 1. The van der Waals surface area contributed by atoms with Crippen LogP contribution in [-0.2, 0) is 16.1 Å². The average Bonchev–Trinajstić information content (AvgIpc) is 2.90. The summed E-state index contributed by atoms with van der Waals surface area (Å²) in [6.45, 7) is 4.01. The van der Waals surface area contributed by atoms with Crippen molar-refractivity contribution in [2.24, 2.45) is 4.99 Å². The number of ketones is 1. The molecule has 3 rings (SSSR count). The fourth-order valence-electron chi connectivity index (χ4n) is 2.96. The Hall–Kier alpha value is -2.35. The predicted molar refractivity (Wildman–Crippen MR) is 96.2 cm³/mol. The van der Waals surface area contributed by atoms with Crippen LogP contribution in [0.25, 0.3) is 0 Å². The molecule has 0 radical (unpaired) electrons. The molecular weight excluding hydrogens is 340 g/mol. The normalized spacial score (nSPS) is 22.6. The summed E-state index contributed by atoms with van der Waals surface area (Å²) in [6.07, 6.45) is -0.569. The van der Waals surface area contributed by atoms with E-state index >= 15 is 0 Å². The number of likely N-dealkylation sites (N-methyl/N-ethyl adjacent to an activating group) is 1. The van der Waals surface area contributed by atoms with E-state index < -0.39 is 18.2 Å². The first-order valence-corrected chi connectivity index (χ1v) is 8.95. The number of thioether (sulfide) groups is 1. The number of amides is 3. The molecule has 1 N–H and O–H groups in total. The summed E-state index contributed by atoms with van der Waals surface area (Å²) >= 11 is 1.30. The molecule has 2 atom stereocenters. The molecule has 8 heteroatoms. The van der Waals surface area contributed by atoms with E-state index in [0.717, 1.165) is 11.1 Å². The minimum Gasteiger partial charge on any atom is -0.331 e. The van der Waals surface area contributed by atoms with Gasteiger partial charge in [-0.25, -0.2) is 9.79 Å². The summed E-state index contributed by atoms with van der Waals surface area (Å²) in [7, 11) is 1.62. The fourth-order valence-corrected chi connectivity index (χ4v) is 3.82. The predicted octanol–water partition coefficient (Wildman–Crippen LogP) is 1.37. The summed E-state index contributed by atoms with van der Waals surface area (Å²) in [5.74, 6) is -0.0445. The van der Waals surface area contributed by atoms with Gasteiger partial charge in [0.25, 0.3) is 5.91 Å². The highest BCUT2D eigenvalue weighted by Gasteiger charge is 2.48. The van der Waals surface area contributed by atoms with Crippen molar-refractivity contribution in [2.45, 2.75) is 32.6 Å². The zero-order valence-electron chi connectivity index (χ0n) is 14.4. The first kappa shape index (κ1) is 17.5. The standard InChI is InChI=1S/C17H20N4O3S/c1-10-5-4-6-12(7-10)8-21-13-14(18-17(21)25-9-11(2)22)20(3)16(24)19-15(13)23/h4-7,13-14H,8-9H2,1-3H3,(H,19,23,24). The summed E-state index contributed by atoms with van der Waals surface area (Å²) < 4.78 is 0. The third-order valence-corrected chi connectivity index (χ3v) is 5.31. The van der Waals surface area contributed by atoms with E-state index in [1.807, 2.05) is 30.0 Å². The van der Waals surface area contributed by atoms with Crippen molar-refractivity contribution < 1.29 is 14.4 Å². The van der Waals surface area contributed by atoms with E-state index in [-0.39, 0.29) is 17.4 Å². The minimum atomic E-state index is -0.585. The van der Waals surface area contributed by atoms with Gasteiger partial charge in [-0.3, -0.25) is 14.9 Å². The highest BCUT2D eigenvalue weighted by atomic mass is 32.2. The van der Waals surface area contributed by atoms with Crippen LogP contribution in [0.5, 0.6) is 0 Å². The molecule has 0 bridgehead atoms. The van der Waals surface area contributed by atoms with E-state index in [9.17, 15) is 14.4 Å². The van der Waals surface area contributed by atoms with Gasteiger partial charge in [-0.05, 0) is 19.4 Å². The lowest BCUT2D eigenvalue weighted by molar-refractivity contribution is -0.127. The second-order valence-corrected chi connectivity index (χ2v) is 7.23. The minimum absolute atomic E-state index is 0.0342. The van der Waals surface area contributed by atoms with E-state index in [4.69, 9.17) is 0 Å². The number of carbonyl (C=O) groups is 3. The van der Waals surface area contributed by atoms with Crippen molar-refractivity contribution >= 4 is 34.7 Å². The van der Waals surface area contributed by atoms with Gasteiger partial charge in [-0.15, -0.1) is 0 Å². The van der Waals surface area contributed by atoms with Crippen LogP contribution in [0, 0.1) is 6.92 Å². The summed E-state index contributed by atoms with van der Waals surface area (Å²) in [4.78, 5) is 43.5. The van der Waals surface area contributed by atoms with Gasteiger partial charge >= 0.3 is 6.03 Å². The van der Waals surface area contributed by atoms with Crippen LogP contribution in [0.15, 0.2) is 29.3 Å². The second kappa shape index (κ2) is 6.87. The highest BCUT2D eigenvalue weighted by molar-refractivity contribution is 8.14. The molecular formula is C17H20N4O3S. The van der Waals surface area contributed by atoms with Gasteiger partial charge in [0.15, 0.2) is 17.4 Å². The molecule has 0 spiro atoms. The van der Waals surface area contributed by atoms with Crippen molar-refractivity contribution in [3.8, 4) is 0 Å². The lowest BCUT2D eigenvalue weighted by Crippen LogP contribution is -2.63. The zero-order valence-corrected chi connectivity index (χ0v) is 15.2. The number of aliphatic imine (C=N–C) groups is 1. The Morgan fingerprint density at radius 1 is 1.36 bits per heavy atom. The Balaban J connectivity index is 1.90. The van der Waals surface area contributed by atoms with Crippen molar-refractivity contribution in [3.63, 3.8) is 0 Å². The van der Waals surface area contributed by atoms with Crippen molar-refractivity contribution in [1.29, 1.82) is 0 Å². The average molecular weight is 360 g/mol. The molecule has 0 aromatic heterocycles. The van der Waals surface area contributed by atoms with Gasteiger partial charge in [-0.1, -0.05) is 41.6 Å². The number of amidine groups is 1. The number of nitrogens with one attached hydrogen (secondary N) is 1. The van der Waals surface area contributed by atoms with Crippen molar-refractivity contribution in [1.82, 2.24) is 15.1 Å². The van der Waals surface area contributed by atoms with Gasteiger partial charge < -0.3 is 9.80 Å². The molecule has 0 aliphatic carbocycles. The van der Waals surface area contributed by atoms with Crippen LogP contribution in [0.3, 0.4) is 0 Å². The van der Waals surface area contributed by atoms with E-state index in [0.29, 0.717) is 11.7 Å². The Labute approximate surface area is 150 Å². The quantitative estimate of drug-likeness (QED) is 0.877. The number of carbonyl (C=O) groups excluding carboxylic acids is 3. The number of imide groups is 1.